The summed E-state index contributed by atoms with van der Waals surface area (Å²) in [6.45, 7) is 6.59. The number of nitrogens with zero attached hydrogens (tertiary/aromatic N) is 4. The smallest absolute Gasteiger partial charge is 0.236 e. The van der Waals surface area contributed by atoms with Gasteiger partial charge in [-0.05, 0) is 50.9 Å². The molecule has 0 bridgehead atoms. The summed E-state index contributed by atoms with van der Waals surface area (Å²) in [4.78, 5) is 25.4. The first-order valence-electron chi connectivity index (χ1n) is 9.93. The molecule has 1 aromatic heterocycles. The van der Waals surface area contributed by atoms with Gasteiger partial charge in [0, 0.05) is 24.8 Å². The zero-order valence-electron chi connectivity index (χ0n) is 16.6. The third-order valence-electron chi connectivity index (χ3n) is 5.38. The normalized spacial score (nSPS) is 17.5. The Bertz CT molecular complexity index is 807. The standard InChI is InChI=1S/C21H28FN5O/c1-3-26(4-2)19(28)14-27-12-6-5-7-18(27)20-17(13-24-21(23)25-20)15-8-10-16(22)11-9-15/h8-11,13,18H,3-7,12,14H2,1-2H3,(H2,23,24,25)/t18-/m1/s1. The number of rotatable bonds is 6. The molecular weight excluding hydrogens is 357 g/mol. The third-order valence-corrected chi connectivity index (χ3v) is 5.38. The monoisotopic (exact) mass is 385 g/mol. The molecule has 0 saturated carbocycles. The minimum Gasteiger partial charge on any atom is -0.368 e. The molecule has 28 heavy (non-hydrogen) atoms. The average Bonchev–Trinajstić information content (AvgIpc) is 2.70. The number of hydrogen-bond donors (Lipinski definition) is 1. The third kappa shape index (κ3) is 4.47. The lowest BCUT2D eigenvalue weighted by molar-refractivity contribution is -0.133. The number of nitrogen functional groups attached to an aromatic ring is 1. The number of carbonyl (C=O) groups is 1. The highest BCUT2D eigenvalue weighted by Gasteiger charge is 2.30. The van der Waals surface area contributed by atoms with Crippen LogP contribution in [0.4, 0.5) is 10.3 Å². The van der Waals surface area contributed by atoms with Crippen molar-refractivity contribution >= 4 is 11.9 Å². The number of hydrogen-bond acceptors (Lipinski definition) is 5. The van der Waals surface area contributed by atoms with E-state index in [2.05, 4.69) is 14.9 Å². The van der Waals surface area contributed by atoms with E-state index in [9.17, 15) is 9.18 Å². The van der Waals surface area contributed by atoms with E-state index in [1.807, 2.05) is 18.7 Å². The van der Waals surface area contributed by atoms with Crippen molar-refractivity contribution < 1.29 is 9.18 Å². The van der Waals surface area contributed by atoms with Crippen LogP contribution in [0.3, 0.4) is 0 Å². The first kappa shape index (κ1) is 20.2. The summed E-state index contributed by atoms with van der Waals surface area (Å²) in [5, 5.41) is 0. The van der Waals surface area contributed by atoms with Crippen molar-refractivity contribution in [3.63, 3.8) is 0 Å². The lowest BCUT2D eigenvalue weighted by Crippen LogP contribution is -2.43. The molecule has 1 aromatic carbocycles. The Morgan fingerprint density at radius 3 is 2.64 bits per heavy atom. The highest BCUT2D eigenvalue weighted by atomic mass is 19.1. The maximum atomic E-state index is 13.4. The van der Waals surface area contributed by atoms with Gasteiger partial charge in [0.1, 0.15) is 5.82 Å². The van der Waals surface area contributed by atoms with Gasteiger partial charge >= 0.3 is 0 Å². The quantitative estimate of drug-likeness (QED) is 0.826. The fourth-order valence-corrected chi connectivity index (χ4v) is 3.86. The summed E-state index contributed by atoms with van der Waals surface area (Å²) in [5.74, 6) is 0.0505. The molecule has 0 aliphatic carbocycles. The molecule has 150 valence electrons. The van der Waals surface area contributed by atoms with Gasteiger partial charge in [-0.15, -0.1) is 0 Å². The van der Waals surface area contributed by atoms with Crippen LogP contribution in [0.1, 0.15) is 44.8 Å². The molecule has 2 N–H and O–H groups in total. The van der Waals surface area contributed by atoms with Crippen molar-refractivity contribution in [1.82, 2.24) is 19.8 Å². The van der Waals surface area contributed by atoms with Crippen LogP contribution >= 0.6 is 0 Å². The Morgan fingerprint density at radius 1 is 1.25 bits per heavy atom. The van der Waals surface area contributed by atoms with Crippen LogP contribution in [-0.2, 0) is 4.79 Å². The van der Waals surface area contributed by atoms with E-state index < -0.39 is 0 Å². The van der Waals surface area contributed by atoms with Crippen molar-refractivity contribution in [2.24, 2.45) is 0 Å². The molecule has 2 heterocycles. The van der Waals surface area contributed by atoms with Crippen LogP contribution in [-0.4, -0.2) is 51.9 Å². The van der Waals surface area contributed by atoms with Gasteiger partial charge in [-0.25, -0.2) is 14.4 Å². The molecule has 3 rings (SSSR count). The van der Waals surface area contributed by atoms with Crippen molar-refractivity contribution in [3.05, 3.63) is 42.0 Å². The molecule has 6 nitrogen and oxygen atoms in total. The van der Waals surface area contributed by atoms with Gasteiger partial charge in [0.25, 0.3) is 0 Å². The first-order valence-corrected chi connectivity index (χ1v) is 9.93. The average molecular weight is 385 g/mol. The molecular formula is C21H28FN5O. The van der Waals surface area contributed by atoms with Gasteiger partial charge in [0.2, 0.25) is 11.9 Å². The molecule has 0 radical (unpaired) electrons. The van der Waals surface area contributed by atoms with E-state index in [1.165, 1.54) is 12.1 Å². The second-order valence-electron chi connectivity index (χ2n) is 7.08. The molecule has 0 unspecified atom stereocenters. The van der Waals surface area contributed by atoms with Crippen molar-refractivity contribution in [1.29, 1.82) is 0 Å². The summed E-state index contributed by atoms with van der Waals surface area (Å²) < 4.78 is 13.4. The van der Waals surface area contributed by atoms with Gasteiger partial charge in [-0.2, -0.15) is 0 Å². The molecule has 1 amide bonds. The van der Waals surface area contributed by atoms with E-state index in [0.717, 1.165) is 42.6 Å². The minimum atomic E-state index is -0.286. The van der Waals surface area contributed by atoms with Crippen molar-refractivity contribution in [2.75, 3.05) is 31.9 Å². The van der Waals surface area contributed by atoms with Gasteiger partial charge in [-0.1, -0.05) is 18.6 Å². The summed E-state index contributed by atoms with van der Waals surface area (Å²) in [5.41, 5.74) is 8.39. The maximum absolute atomic E-state index is 13.4. The number of anilines is 1. The van der Waals surface area contributed by atoms with Gasteiger partial charge < -0.3 is 10.6 Å². The van der Waals surface area contributed by atoms with E-state index in [0.29, 0.717) is 19.6 Å². The molecule has 1 aliphatic heterocycles. The summed E-state index contributed by atoms with van der Waals surface area (Å²) >= 11 is 0. The number of piperidine rings is 1. The SMILES string of the molecule is CCN(CC)C(=O)CN1CCCC[C@@H]1c1nc(N)ncc1-c1ccc(F)cc1. The number of benzene rings is 1. The minimum absolute atomic E-state index is 0.0152. The lowest BCUT2D eigenvalue weighted by Gasteiger charge is -2.36. The van der Waals surface area contributed by atoms with Gasteiger partial charge in [0.05, 0.1) is 18.3 Å². The number of aromatic nitrogens is 2. The van der Waals surface area contributed by atoms with Crippen LogP contribution in [0, 0.1) is 5.82 Å². The van der Waals surface area contributed by atoms with Gasteiger partial charge in [-0.3, -0.25) is 9.69 Å². The number of nitrogens with two attached hydrogens (primary N) is 1. The first-order chi connectivity index (χ1) is 13.5. The molecule has 0 spiro atoms. The predicted molar refractivity (Wildman–Crippen MR) is 108 cm³/mol. The molecule has 1 fully saturated rings. The van der Waals surface area contributed by atoms with E-state index in [4.69, 9.17) is 5.73 Å². The number of halogens is 1. The zero-order chi connectivity index (χ0) is 20.1. The predicted octanol–water partition coefficient (Wildman–Crippen LogP) is 3.26. The van der Waals surface area contributed by atoms with Crippen molar-refractivity contribution in [3.8, 4) is 11.1 Å². The molecule has 7 heteroatoms. The van der Waals surface area contributed by atoms with E-state index >= 15 is 0 Å². The Balaban J connectivity index is 1.94. The van der Waals surface area contributed by atoms with Crippen LogP contribution in [0.2, 0.25) is 0 Å². The second-order valence-corrected chi connectivity index (χ2v) is 7.08. The van der Waals surface area contributed by atoms with Crippen LogP contribution in [0.25, 0.3) is 11.1 Å². The zero-order valence-corrected chi connectivity index (χ0v) is 16.6. The number of likely N-dealkylation sites (N-methyl/N-ethyl adjacent to an activating group) is 1. The summed E-state index contributed by atoms with van der Waals surface area (Å²) in [7, 11) is 0. The number of likely N-dealkylation sites (tertiary alicyclic amines) is 1. The summed E-state index contributed by atoms with van der Waals surface area (Å²) in [6, 6.07) is 6.29. The Labute approximate surface area is 165 Å². The van der Waals surface area contributed by atoms with Crippen molar-refractivity contribution in [2.45, 2.75) is 39.2 Å². The van der Waals surface area contributed by atoms with Crippen LogP contribution < -0.4 is 5.73 Å². The maximum Gasteiger partial charge on any atom is 0.236 e. The molecule has 2 aromatic rings. The fraction of sp³-hybridized carbons (Fsp3) is 0.476. The Kier molecular flexibility index (Phi) is 6.57. The van der Waals surface area contributed by atoms with E-state index in [-0.39, 0.29) is 23.7 Å². The highest BCUT2D eigenvalue weighted by molar-refractivity contribution is 5.78. The Hall–Kier alpha value is -2.54. The topological polar surface area (TPSA) is 75.4 Å². The van der Waals surface area contributed by atoms with Gasteiger partial charge in [0.15, 0.2) is 0 Å². The second kappa shape index (κ2) is 9.10. The highest BCUT2D eigenvalue weighted by Crippen LogP contribution is 2.35. The lowest BCUT2D eigenvalue weighted by atomic mass is 9.93. The number of carbonyl (C=O) groups excluding carboxylic acids is 1. The van der Waals surface area contributed by atoms with Crippen LogP contribution in [0.5, 0.6) is 0 Å². The number of amides is 1. The van der Waals surface area contributed by atoms with E-state index in [1.54, 1.807) is 18.3 Å². The molecule has 1 atom stereocenters. The fourth-order valence-electron chi connectivity index (χ4n) is 3.86. The largest absolute Gasteiger partial charge is 0.368 e. The summed E-state index contributed by atoms with van der Waals surface area (Å²) in [6.07, 6.45) is 4.71. The van der Waals surface area contributed by atoms with Crippen LogP contribution in [0.15, 0.2) is 30.5 Å². The molecule has 1 aliphatic rings. The Morgan fingerprint density at radius 2 is 1.96 bits per heavy atom. The molecule has 1 saturated heterocycles.